The van der Waals surface area contributed by atoms with Gasteiger partial charge in [0.05, 0.1) is 21.4 Å². The molecular formula is C36H43Cl2N9O4. The SMILES string of the molecule is CCn1nc(-c2cccc(-c3cc(C(=O)NCCCN(C)C)cc(C(=O)NCCCN(C)C)c3)c2)cc(NC(=O)Nc2c(Cl)cncc2Cl)c1=O. The molecule has 2 aromatic heterocycles. The van der Waals surface area contributed by atoms with Crippen molar-refractivity contribution in [2.75, 3.05) is 65.0 Å². The van der Waals surface area contributed by atoms with E-state index in [9.17, 15) is 19.2 Å². The Morgan fingerprint density at radius 3 is 1.88 bits per heavy atom. The Kier molecular flexibility index (Phi) is 14.1. The highest BCUT2D eigenvalue weighted by molar-refractivity contribution is 6.39. The number of aryl methyl sites for hydroxylation is 1. The standard InChI is InChI=1S/C36H43Cl2N9O4/c1-6-47-35(50)31(42-36(51)43-32-28(37)21-39-22-29(32)38)20-30(44-47)24-11-7-10-23(16-24)25-17-26(33(48)40-12-8-14-45(2)3)19-27(18-25)34(49)41-13-9-15-46(4)5/h7,10-11,16-22H,6,8-9,12-15H2,1-5H3,(H,40,48)(H,41,49)(H2,39,42,43,51). The van der Waals surface area contributed by atoms with E-state index in [4.69, 9.17) is 23.2 Å². The van der Waals surface area contributed by atoms with Gasteiger partial charge >= 0.3 is 6.03 Å². The van der Waals surface area contributed by atoms with Crippen molar-refractivity contribution in [3.8, 4) is 22.4 Å². The van der Waals surface area contributed by atoms with Gasteiger partial charge in [0.15, 0.2) is 0 Å². The Bertz CT molecular complexity index is 1860. The molecule has 0 atom stereocenters. The first kappa shape index (κ1) is 39.0. The topological polar surface area (TPSA) is 154 Å². The molecular weight excluding hydrogens is 693 g/mol. The molecule has 0 saturated carbocycles. The number of carbonyl (C=O) groups is 3. The van der Waals surface area contributed by atoms with E-state index in [0.29, 0.717) is 46.6 Å². The fraction of sp³-hybridized carbons (Fsp3) is 0.333. The van der Waals surface area contributed by atoms with Crippen LogP contribution in [0, 0.1) is 0 Å². The molecule has 0 aliphatic rings. The predicted octanol–water partition coefficient (Wildman–Crippen LogP) is 5.31. The molecule has 0 aliphatic heterocycles. The van der Waals surface area contributed by atoms with Gasteiger partial charge in [-0.15, -0.1) is 0 Å². The van der Waals surface area contributed by atoms with E-state index in [1.54, 1.807) is 25.1 Å². The summed E-state index contributed by atoms with van der Waals surface area (Å²) < 4.78 is 1.24. The van der Waals surface area contributed by atoms with Crippen molar-refractivity contribution in [1.29, 1.82) is 0 Å². The Hall–Kier alpha value is -4.82. The quantitative estimate of drug-likeness (QED) is 0.120. The number of urea groups is 1. The maximum Gasteiger partial charge on any atom is 0.323 e. The number of amides is 4. The lowest BCUT2D eigenvalue weighted by Gasteiger charge is -2.14. The number of carbonyl (C=O) groups excluding carboxylic acids is 3. The molecule has 270 valence electrons. The highest BCUT2D eigenvalue weighted by Crippen LogP contribution is 2.30. The van der Waals surface area contributed by atoms with Crippen LogP contribution < -0.4 is 26.8 Å². The lowest BCUT2D eigenvalue weighted by atomic mass is 9.97. The number of pyridine rings is 1. The minimum Gasteiger partial charge on any atom is -0.352 e. The van der Waals surface area contributed by atoms with Crippen LogP contribution in [-0.2, 0) is 6.54 Å². The maximum atomic E-state index is 13.3. The van der Waals surface area contributed by atoms with Crippen LogP contribution in [0.15, 0.2) is 65.7 Å². The summed E-state index contributed by atoms with van der Waals surface area (Å²) in [7, 11) is 7.89. The lowest BCUT2D eigenvalue weighted by molar-refractivity contribution is 0.0951. The molecule has 2 aromatic carbocycles. The van der Waals surface area contributed by atoms with E-state index in [-0.39, 0.29) is 39.8 Å². The van der Waals surface area contributed by atoms with Crippen molar-refractivity contribution in [1.82, 2.24) is 35.2 Å². The Morgan fingerprint density at radius 1 is 0.765 bits per heavy atom. The first-order valence-corrected chi connectivity index (χ1v) is 17.2. The van der Waals surface area contributed by atoms with Gasteiger partial charge in [0, 0.05) is 48.7 Å². The summed E-state index contributed by atoms with van der Waals surface area (Å²) >= 11 is 12.3. The summed E-state index contributed by atoms with van der Waals surface area (Å²) in [5.41, 5.74) is 2.71. The number of rotatable bonds is 15. The second kappa shape index (κ2) is 18.4. The largest absolute Gasteiger partial charge is 0.352 e. The molecule has 0 radical (unpaired) electrons. The zero-order valence-corrected chi connectivity index (χ0v) is 30.9. The molecule has 4 rings (SSSR count). The highest BCUT2D eigenvalue weighted by atomic mass is 35.5. The lowest BCUT2D eigenvalue weighted by Crippen LogP contribution is -2.29. The second-order valence-corrected chi connectivity index (χ2v) is 13.1. The highest BCUT2D eigenvalue weighted by Gasteiger charge is 2.17. The molecule has 15 heteroatoms. The van der Waals surface area contributed by atoms with Crippen LogP contribution in [0.2, 0.25) is 10.0 Å². The number of anilines is 2. The van der Waals surface area contributed by atoms with Crippen molar-refractivity contribution in [2.45, 2.75) is 26.3 Å². The summed E-state index contributed by atoms with van der Waals surface area (Å²) in [5, 5.41) is 15.8. The van der Waals surface area contributed by atoms with E-state index in [2.05, 4.69) is 31.3 Å². The summed E-state index contributed by atoms with van der Waals surface area (Å²) in [6, 6.07) is 13.2. The molecule has 0 saturated heterocycles. The first-order chi connectivity index (χ1) is 24.4. The van der Waals surface area contributed by atoms with Crippen molar-refractivity contribution in [2.24, 2.45) is 0 Å². The smallest absolute Gasteiger partial charge is 0.323 e. The van der Waals surface area contributed by atoms with Crippen molar-refractivity contribution in [3.05, 3.63) is 92.5 Å². The van der Waals surface area contributed by atoms with Gasteiger partial charge in [0.25, 0.3) is 17.4 Å². The molecule has 2 heterocycles. The van der Waals surface area contributed by atoms with Gasteiger partial charge in [-0.2, -0.15) is 5.10 Å². The number of aromatic nitrogens is 3. The van der Waals surface area contributed by atoms with Gasteiger partial charge in [-0.1, -0.05) is 41.4 Å². The van der Waals surface area contributed by atoms with E-state index in [0.717, 1.165) is 25.9 Å². The molecule has 0 bridgehead atoms. The monoisotopic (exact) mass is 735 g/mol. The number of nitrogens with one attached hydrogen (secondary N) is 4. The van der Waals surface area contributed by atoms with E-state index in [1.807, 2.05) is 62.3 Å². The minimum atomic E-state index is -0.736. The van der Waals surface area contributed by atoms with Gasteiger partial charge in [0.1, 0.15) is 5.69 Å². The maximum absolute atomic E-state index is 13.3. The first-order valence-electron chi connectivity index (χ1n) is 16.5. The normalized spacial score (nSPS) is 11.1. The zero-order chi connectivity index (χ0) is 37.1. The fourth-order valence-electron chi connectivity index (χ4n) is 5.10. The van der Waals surface area contributed by atoms with Gasteiger partial charge in [-0.3, -0.25) is 19.4 Å². The molecule has 0 spiro atoms. The van der Waals surface area contributed by atoms with E-state index in [1.165, 1.54) is 23.1 Å². The molecule has 0 aliphatic carbocycles. The summed E-state index contributed by atoms with van der Waals surface area (Å²) in [6.07, 6.45) is 4.22. The van der Waals surface area contributed by atoms with Gasteiger partial charge in [0.2, 0.25) is 0 Å². The molecule has 13 nitrogen and oxygen atoms in total. The zero-order valence-electron chi connectivity index (χ0n) is 29.3. The van der Waals surface area contributed by atoms with Crippen molar-refractivity contribution >= 4 is 52.4 Å². The van der Waals surface area contributed by atoms with Gasteiger partial charge in [-0.05, 0) is 103 Å². The summed E-state index contributed by atoms with van der Waals surface area (Å²) in [4.78, 5) is 60.6. The third-order valence-corrected chi connectivity index (χ3v) is 8.27. The molecule has 4 N–H and O–H groups in total. The van der Waals surface area contributed by atoms with Crippen LogP contribution in [0.1, 0.15) is 40.5 Å². The number of benzene rings is 2. The average molecular weight is 737 g/mol. The number of halogens is 2. The second-order valence-electron chi connectivity index (χ2n) is 12.3. The molecule has 4 aromatic rings. The third kappa shape index (κ3) is 11.1. The number of nitrogens with zero attached hydrogens (tertiary/aromatic N) is 5. The number of hydrogen-bond acceptors (Lipinski definition) is 8. The average Bonchev–Trinajstić information content (AvgIpc) is 3.10. The van der Waals surface area contributed by atoms with Crippen LogP contribution in [0.5, 0.6) is 0 Å². The Balaban J connectivity index is 1.66. The molecule has 0 fully saturated rings. The summed E-state index contributed by atoms with van der Waals surface area (Å²) in [5.74, 6) is -0.568. The van der Waals surface area contributed by atoms with E-state index < -0.39 is 11.6 Å². The predicted molar refractivity (Wildman–Crippen MR) is 203 cm³/mol. The molecule has 51 heavy (non-hydrogen) atoms. The van der Waals surface area contributed by atoms with Crippen LogP contribution in [0.25, 0.3) is 22.4 Å². The molecule has 0 unspecified atom stereocenters. The van der Waals surface area contributed by atoms with Crippen LogP contribution >= 0.6 is 23.2 Å². The number of hydrogen-bond donors (Lipinski definition) is 4. The Morgan fingerprint density at radius 2 is 1.33 bits per heavy atom. The van der Waals surface area contributed by atoms with Gasteiger partial charge in [-0.25, -0.2) is 9.48 Å². The van der Waals surface area contributed by atoms with Crippen LogP contribution in [-0.4, -0.2) is 96.8 Å². The van der Waals surface area contributed by atoms with Gasteiger partial charge < -0.3 is 31.1 Å². The minimum absolute atomic E-state index is 0.0211. The summed E-state index contributed by atoms with van der Waals surface area (Å²) in [6.45, 7) is 4.62. The van der Waals surface area contributed by atoms with Crippen molar-refractivity contribution in [3.63, 3.8) is 0 Å². The van der Waals surface area contributed by atoms with Crippen LogP contribution in [0.3, 0.4) is 0 Å². The fourth-order valence-corrected chi connectivity index (χ4v) is 5.56. The van der Waals surface area contributed by atoms with Crippen LogP contribution in [0.4, 0.5) is 16.2 Å². The van der Waals surface area contributed by atoms with E-state index >= 15 is 0 Å². The Labute approximate surface area is 307 Å². The van der Waals surface area contributed by atoms with Crippen molar-refractivity contribution < 1.29 is 14.4 Å². The third-order valence-electron chi connectivity index (χ3n) is 7.70. The molecule has 4 amide bonds.